The molecule has 0 fully saturated rings. The Morgan fingerprint density at radius 2 is 1.57 bits per heavy atom. The molecule has 0 aromatic heterocycles. The number of halogens is 1. The van der Waals surface area contributed by atoms with E-state index in [1.807, 2.05) is 31.2 Å². The number of esters is 1. The normalized spacial score (nSPS) is 11.1. The molecule has 0 heterocycles. The molecule has 0 radical (unpaired) electrons. The Kier molecular flexibility index (Phi) is 6.58. The molecule has 0 N–H and O–H groups in total. The number of carbonyl (C=O) groups excluding carboxylic acids is 2. The van der Waals surface area contributed by atoms with E-state index in [4.69, 9.17) is 21.1 Å². The molecule has 0 atom stereocenters. The summed E-state index contributed by atoms with van der Waals surface area (Å²) in [4.78, 5) is 25.3. The third-order valence-electron chi connectivity index (χ3n) is 4.56. The molecule has 0 spiro atoms. The van der Waals surface area contributed by atoms with Crippen molar-refractivity contribution < 1.29 is 19.1 Å². The van der Waals surface area contributed by atoms with Crippen LogP contribution in [0.15, 0.2) is 72.8 Å². The lowest BCUT2D eigenvalue weighted by Crippen LogP contribution is -2.39. The third kappa shape index (κ3) is 5.49. The van der Waals surface area contributed by atoms with Crippen LogP contribution in [0.1, 0.15) is 40.9 Å². The maximum absolute atomic E-state index is 12.7. The van der Waals surface area contributed by atoms with Crippen LogP contribution in [0.3, 0.4) is 0 Å². The van der Waals surface area contributed by atoms with Crippen LogP contribution < -0.4 is 4.74 Å². The van der Waals surface area contributed by atoms with Crippen molar-refractivity contribution in [1.82, 2.24) is 0 Å². The molecule has 0 aliphatic carbocycles. The molecule has 0 unspecified atom stereocenters. The van der Waals surface area contributed by atoms with Gasteiger partial charge in [0.2, 0.25) is 0 Å². The summed E-state index contributed by atoms with van der Waals surface area (Å²) in [5.41, 5.74) is 1.81. The largest absolute Gasteiger partial charge is 0.476 e. The van der Waals surface area contributed by atoms with Gasteiger partial charge < -0.3 is 9.47 Å². The Labute approximate surface area is 181 Å². The molecular formula is C25H23ClO4. The Morgan fingerprint density at radius 3 is 2.23 bits per heavy atom. The highest BCUT2D eigenvalue weighted by Crippen LogP contribution is 2.23. The summed E-state index contributed by atoms with van der Waals surface area (Å²) < 4.78 is 11.3. The summed E-state index contributed by atoms with van der Waals surface area (Å²) in [6.07, 6.45) is 0. The van der Waals surface area contributed by atoms with Crippen LogP contribution in [0.4, 0.5) is 0 Å². The van der Waals surface area contributed by atoms with Crippen molar-refractivity contribution in [2.75, 3.05) is 0 Å². The quantitative estimate of drug-likeness (QED) is 0.357. The Morgan fingerprint density at radius 1 is 0.900 bits per heavy atom. The summed E-state index contributed by atoms with van der Waals surface area (Å²) in [6.45, 7) is 5.44. The number of ether oxygens (including phenoxy) is 2. The summed E-state index contributed by atoms with van der Waals surface area (Å²) >= 11 is 5.89. The van der Waals surface area contributed by atoms with E-state index in [2.05, 4.69) is 0 Å². The van der Waals surface area contributed by atoms with E-state index in [1.165, 1.54) is 0 Å². The number of hydrogen-bond donors (Lipinski definition) is 0. The zero-order valence-electron chi connectivity index (χ0n) is 17.1. The number of hydrogen-bond acceptors (Lipinski definition) is 4. The molecule has 3 aromatic rings. The molecular weight excluding hydrogens is 400 g/mol. The molecule has 154 valence electrons. The molecule has 0 aliphatic heterocycles. The first-order valence-electron chi connectivity index (χ1n) is 9.57. The first kappa shape index (κ1) is 21.6. The van der Waals surface area contributed by atoms with Gasteiger partial charge in [0, 0.05) is 16.1 Å². The van der Waals surface area contributed by atoms with Gasteiger partial charge in [-0.05, 0) is 62.7 Å². The number of ketones is 1. The average Bonchev–Trinajstić information content (AvgIpc) is 2.73. The van der Waals surface area contributed by atoms with Gasteiger partial charge in [-0.3, -0.25) is 4.79 Å². The minimum atomic E-state index is -1.22. The van der Waals surface area contributed by atoms with Crippen LogP contribution in [0.25, 0.3) is 0 Å². The molecule has 0 bridgehead atoms. The second-order valence-electron chi connectivity index (χ2n) is 7.54. The topological polar surface area (TPSA) is 52.6 Å². The van der Waals surface area contributed by atoms with Crippen LogP contribution in [0, 0.1) is 6.92 Å². The average molecular weight is 423 g/mol. The molecule has 0 aliphatic rings. The fraction of sp³-hybridized carbons (Fsp3) is 0.200. The lowest BCUT2D eigenvalue weighted by molar-refractivity contribution is -0.160. The van der Waals surface area contributed by atoms with Gasteiger partial charge >= 0.3 is 5.97 Å². The summed E-state index contributed by atoms with van der Waals surface area (Å²) in [6, 6.07) is 21.2. The highest BCUT2D eigenvalue weighted by Gasteiger charge is 2.32. The second-order valence-corrected chi connectivity index (χ2v) is 7.97. The smallest absolute Gasteiger partial charge is 0.350 e. The third-order valence-corrected chi connectivity index (χ3v) is 4.81. The zero-order valence-corrected chi connectivity index (χ0v) is 17.9. The van der Waals surface area contributed by atoms with Crippen LogP contribution in [-0.4, -0.2) is 17.4 Å². The maximum atomic E-state index is 12.7. The molecule has 0 saturated carbocycles. The molecule has 3 rings (SSSR count). The monoisotopic (exact) mass is 422 g/mol. The first-order valence-corrected chi connectivity index (χ1v) is 9.94. The molecule has 3 aromatic carbocycles. The molecule has 30 heavy (non-hydrogen) atoms. The standard InChI is InChI=1S/C25H23ClO4/c1-17-7-9-18(10-8-17)16-29-24(28)25(2,3)30-22-6-4-5-20(15-22)23(27)19-11-13-21(26)14-12-19/h4-15H,16H2,1-3H3. The minimum Gasteiger partial charge on any atom is -0.476 e. The van der Waals surface area contributed by atoms with Crippen LogP contribution in [0.2, 0.25) is 5.02 Å². The van der Waals surface area contributed by atoms with Crippen LogP contribution in [0.5, 0.6) is 5.75 Å². The van der Waals surface area contributed by atoms with Gasteiger partial charge in [0.05, 0.1) is 0 Å². The van der Waals surface area contributed by atoms with E-state index in [9.17, 15) is 9.59 Å². The van der Waals surface area contributed by atoms with E-state index in [0.29, 0.717) is 21.9 Å². The molecule has 4 nitrogen and oxygen atoms in total. The fourth-order valence-corrected chi connectivity index (χ4v) is 2.94. The van der Waals surface area contributed by atoms with Crippen molar-refractivity contribution >= 4 is 23.4 Å². The van der Waals surface area contributed by atoms with E-state index in [1.54, 1.807) is 62.4 Å². The Bertz CT molecular complexity index is 1040. The zero-order chi connectivity index (χ0) is 21.7. The fourth-order valence-electron chi connectivity index (χ4n) is 2.81. The predicted octanol–water partition coefficient (Wildman–Crippen LogP) is 5.78. The second kappa shape index (κ2) is 9.14. The molecule has 0 amide bonds. The number of carbonyl (C=O) groups is 2. The number of aryl methyl sites for hydroxylation is 1. The van der Waals surface area contributed by atoms with Crippen molar-refractivity contribution in [3.8, 4) is 5.75 Å². The minimum absolute atomic E-state index is 0.156. The van der Waals surface area contributed by atoms with E-state index in [-0.39, 0.29) is 12.4 Å². The van der Waals surface area contributed by atoms with Crippen LogP contribution >= 0.6 is 11.6 Å². The maximum Gasteiger partial charge on any atom is 0.350 e. The van der Waals surface area contributed by atoms with E-state index >= 15 is 0 Å². The lowest BCUT2D eigenvalue weighted by atomic mass is 10.0. The van der Waals surface area contributed by atoms with Crippen LogP contribution in [-0.2, 0) is 16.1 Å². The van der Waals surface area contributed by atoms with Gasteiger partial charge in [-0.1, -0.05) is 53.6 Å². The molecule has 5 heteroatoms. The predicted molar refractivity (Wildman–Crippen MR) is 117 cm³/mol. The summed E-state index contributed by atoms with van der Waals surface area (Å²) in [5, 5.41) is 0.564. The Balaban J connectivity index is 1.67. The van der Waals surface area contributed by atoms with E-state index in [0.717, 1.165) is 11.1 Å². The molecule has 0 saturated heterocycles. The summed E-state index contributed by atoms with van der Waals surface area (Å²) in [5.74, 6) is -0.235. The SMILES string of the molecule is Cc1ccc(COC(=O)C(C)(C)Oc2cccc(C(=O)c3ccc(Cl)cc3)c2)cc1. The van der Waals surface area contributed by atoms with Gasteiger partial charge in [-0.25, -0.2) is 4.79 Å². The lowest BCUT2D eigenvalue weighted by Gasteiger charge is -2.24. The first-order chi connectivity index (χ1) is 14.2. The van der Waals surface area contributed by atoms with Gasteiger partial charge in [-0.15, -0.1) is 0 Å². The highest BCUT2D eigenvalue weighted by atomic mass is 35.5. The number of rotatable bonds is 7. The highest BCUT2D eigenvalue weighted by molar-refractivity contribution is 6.30. The van der Waals surface area contributed by atoms with Gasteiger partial charge in [0.1, 0.15) is 12.4 Å². The van der Waals surface area contributed by atoms with E-state index < -0.39 is 11.6 Å². The summed E-state index contributed by atoms with van der Waals surface area (Å²) in [7, 11) is 0. The van der Waals surface area contributed by atoms with Gasteiger partial charge in [0.15, 0.2) is 11.4 Å². The van der Waals surface area contributed by atoms with Crippen molar-refractivity contribution in [2.24, 2.45) is 0 Å². The van der Waals surface area contributed by atoms with Gasteiger partial charge in [0.25, 0.3) is 0 Å². The van der Waals surface area contributed by atoms with Crippen molar-refractivity contribution in [1.29, 1.82) is 0 Å². The van der Waals surface area contributed by atoms with Crippen molar-refractivity contribution in [3.05, 3.63) is 100 Å². The van der Waals surface area contributed by atoms with Crippen molar-refractivity contribution in [3.63, 3.8) is 0 Å². The number of benzene rings is 3. The Hall–Kier alpha value is -3.11. The van der Waals surface area contributed by atoms with Crippen molar-refractivity contribution in [2.45, 2.75) is 33.0 Å². The van der Waals surface area contributed by atoms with Gasteiger partial charge in [-0.2, -0.15) is 0 Å².